The zero-order valence-electron chi connectivity index (χ0n) is 15.5. The van der Waals surface area contributed by atoms with Crippen molar-refractivity contribution in [1.29, 1.82) is 0 Å². The molecule has 1 heterocycles. The number of nitrogens with zero attached hydrogens (tertiary/aromatic N) is 2. The molecule has 0 saturated heterocycles. The number of benzene rings is 2. The number of rotatable bonds is 6. The molecule has 6 heteroatoms. The van der Waals surface area contributed by atoms with E-state index in [1.165, 1.54) is 16.1 Å². The molecule has 1 aliphatic heterocycles. The molecule has 2 atom stereocenters. The molecule has 2 unspecified atom stereocenters. The normalized spacial score (nSPS) is 18.2. The van der Waals surface area contributed by atoms with Gasteiger partial charge in [0.2, 0.25) is 10.0 Å². The molecule has 1 aliphatic rings. The maximum Gasteiger partial charge on any atom is 0.232 e. The highest BCUT2D eigenvalue weighted by molar-refractivity contribution is 7.92. The summed E-state index contributed by atoms with van der Waals surface area (Å²) >= 11 is 0. The van der Waals surface area contributed by atoms with Gasteiger partial charge in [0.15, 0.2) is 0 Å². The van der Waals surface area contributed by atoms with Crippen LogP contribution >= 0.6 is 0 Å². The van der Waals surface area contributed by atoms with Gasteiger partial charge in [0.1, 0.15) is 0 Å². The van der Waals surface area contributed by atoms with E-state index < -0.39 is 16.1 Å². The summed E-state index contributed by atoms with van der Waals surface area (Å²) in [4.78, 5) is 2.08. The van der Waals surface area contributed by atoms with E-state index in [-0.39, 0.29) is 6.04 Å². The predicted molar refractivity (Wildman–Crippen MR) is 105 cm³/mol. The van der Waals surface area contributed by atoms with Crippen LogP contribution in [0.15, 0.2) is 48.5 Å². The molecule has 2 aromatic carbocycles. The number of hydrogen-bond acceptors (Lipinski definition) is 4. The number of hydrogen-bond donors (Lipinski definition) is 1. The molecule has 26 heavy (non-hydrogen) atoms. The average Bonchev–Trinajstić information content (AvgIpc) is 2.90. The monoisotopic (exact) mass is 374 g/mol. The predicted octanol–water partition coefficient (Wildman–Crippen LogP) is 2.56. The van der Waals surface area contributed by atoms with E-state index in [0.29, 0.717) is 13.0 Å². The van der Waals surface area contributed by atoms with Gasteiger partial charge in [-0.1, -0.05) is 42.5 Å². The topological polar surface area (TPSA) is 60.9 Å². The van der Waals surface area contributed by atoms with Gasteiger partial charge in [-0.15, -0.1) is 0 Å². The van der Waals surface area contributed by atoms with Gasteiger partial charge in [-0.05, 0) is 43.1 Å². The van der Waals surface area contributed by atoms with E-state index in [2.05, 4.69) is 17.0 Å². The van der Waals surface area contributed by atoms with Crippen LogP contribution in [0.3, 0.4) is 0 Å². The molecule has 0 spiro atoms. The summed E-state index contributed by atoms with van der Waals surface area (Å²) in [5.41, 5.74) is 3.73. The van der Waals surface area contributed by atoms with Gasteiger partial charge in [-0.3, -0.25) is 9.21 Å². The molecule has 0 aromatic heterocycles. The lowest BCUT2D eigenvalue weighted by Crippen LogP contribution is -2.34. The first-order valence-corrected chi connectivity index (χ1v) is 10.6. The fourth-order valence-electron chi connectivity index (χ4n) is 3.70. The van der Waals surface area contributed by atoms with Crippen LogP contribution in [0.4, 0.5) is 5.69 Å². The Hall–Kier alpha value is -1.89. The molecule has 2 aromatic rings. The summed E-state index contributed by atoms with van der Waals surface area (Å²) in [7, 11) is -1.31. The van der Waals surface area contributed by atoms with E-state index in [1.807, 2.05) is 50.4 Å². The summed E-state index contributed by atoms with van der Waals surface area (Å²) in [6, 6.07) is 15.6. The Labute approximate surface area is 155 Å². The zero-order valence-corrected chi connectivity index (χ0v) is 16.3. The van der Waals surface area contributed by atoms with Crippen molar-refractivity contribution < 1.29 is 13.5 Å². The highest BCUT2D eigenvalue weighted by atomic mass is 32.2. The fourth-order valence-corrected chi connectivity index (χ4v) is 4.96. The fraction of sp³-hybridized carbons (Fsp3) is 0.400. The third kappa shape index (κ3) is 4.09. The van der Waals surface area contributed by atoms with Crippen molar-refractivity contribution in [2.45, 2.75) is 32.0 Å². The summed E-state index contributed by atoms with van der Waals surface area (Å²) < 4.78 is 25.5. The lowest BCUT2D eigenvalue weighted by Gasteiger charge is -2.23. The Bertz CT molecular complexity index is 868. The molecule has 0 bridgehead atoms. The van der Waals surface area contributed by atoms with Gasteiger partial charge >= 0.3 is 0 Å². The second-order valence-electron chi connectivity index (χ2n) is 7.20. The van der Waals surface area contributed by atoms with Crippen LogP contribution in [-0.4, -0.2) is 44.3 Å². The minimum absolute atomic E-state index is 0.0897. The van der Waals surface area contributed by atoms with Crippen LogP contribution in [0.25, 0.3) is 0 Å². The Morgan fingerprint density at radius 3 is 2.58 bits per heavy atom. The lowest BCUT2D eigenvalue weighted by molar-refractivity contribution is 0.124. The van der Waals surface area contributed by atoms with Crippen LogP contribution in [0.1, 0.15) is 29.7 Å². The third-order valence-corrected chi connectivity index (χ3v) is 6.05. The first kappa shape index (κ1) is 18.9. The molecule has 0 amide bonds. The van der Waals surface area contributed by atoms with E-state index >= 15 is 0 Å². The molecule has 0 radical (unpaired) electrons. The first-order valence-electron chi connectivity index (χ1n) is 8.78. The smallest absolute Gasteiger partial charge is 0.232 e. The minimum atomic E-state index is -3.29. The molecule has 0 fully saturated rings. The zero-order chi connectivity index (χ0) is 18.9. The molecule has 1 N–H and O–H groups in total. The second-order valence-corrected chi connectivity index (χ2v) is 9.06. The summed E-state index contributed by atoms with van der Waals surface area (Å²) in [6.45, 7) is 3.19. The van der Waals surface area contributed by atoms with Gasteiger partial charge < -0.3 is 5.11 Å². The van der Waals surface area contributed by atoms with E-state index in [4.69, 9.17) is 0 Å². The van der Waals surface area contributed by atoms with Crippen molar-refractivity contribution in [1.82, 2.24) is 4.90 Å². The standard InChI is InChI=1S/C20H26N2O3S/c1-15-11-18-12-17(9-10-19(18)22(15)26(3,24)25)20(23)14-21(2)13-16-7-5-4-6-8-16/h4-10,12,15,20,23H,11,13-14H2,1-3H3. The minimum Gasteiger partial charge on any atom is -0.387 e. The third-order valence-electron chi connectivity index (χ3n) is 4.78. The lowest BCUT2D eigenvalue weighted by atomic mass is 10.0. The number of fused-ring (bicyclic) bond motifs is 1. The summed E-state index contributed by atoms with van der Waals surface area (Å²) in [5.74, 6) is 0. The van der Waals surface area contributed by atoms with Gasteiger partial charge in [-0.2, -0.15) is 0 Å². The molecular formula is C20H26N2O3S. The van der Waals surface area contributed by atoms with Gasteiger partial charge in [0.25, 0.3) is 0 Å². The quantitative estimate of drug-likeness (QED) is 0.844. The van der Waals surface area contributed by atoms with Crippen molar-refractivity contribution in [3.8, 4) is 0 Å². The Balaban J connectivity index is 1.72. The highest BCUT2D eigenvalue weighted by Gasteiger charge is 2.32. The van der Waals surface area contributed by atoms with Gasteiger partial charge in [-0.25, -0.2) is 8.42 Å². The number of aliphatic hydroxyl groups is 1. The SMILES string of the molecule is CC1Cc2cc(C(O)CN(C)Cc3ccccc3)ccc2N1S(C)(=O)=O. The Morgan fingerprint density at radius 2 is 1.92 bits per heavy atom. The molecule has 3 rings (SSSR count). The first-order chi connectivity index (χ1) is 12.3. The van der Waals surface area contributed by atoms with Crippen molar-refractivity contribution >= 4 is 15.7 Å². The van der Waals surface area contributed by atoms with Crippen molar-refractivity contribution in [2.24, 2.45) is 0 Å². The number of anilines is 1. The van der Waals surface area contributed by atoms with Crippen LogP contribution in [-0.2, 0) is 23.0 Å². The number of aliphatic hydroxyl groups excluding tert-OH is 1. The van der Waals surface area contributed by atoms with Crippen LogP contribution in [0.5, 0.6) is 0 Å². The maximum atomic E-state index is 12.0. The molecule has 5 nitrogen and oxygen atoms in total. The number of sulfonamides is 1. The highest BCUT2D eigenvalue weighted by Crippen LogP contribution is 2.35. The molecule has 0 aliphatic carbocycles. The van der Waals surface area contributed by atoms with Crippen molar-refractivity contribution in [3.63, 3.8) is 0 Å². The maximum absolute atomic E-state index is 12.0. The molecular weight excluding hydrogens is 348 g/mol. The molecule has 0 saturated carbocycles. The second kappa shape index (κ2) is 7.39. The van der Waals surface area contributed by atoms with Gasteiger partial charge in [0, 0.05) is 19.1 Å². The summed E-state index contributed by atoms with van der Waals surface area (Å²) in [6.07, 6.45) is 1.29. The molecule has 140 valence electrons. The number of likely N-dealkylation sites (N-methyl/N-ethyl adjacent to an activating group) is 1. The van der Waals surface area contributed by atoms with Crippen LogP contribution in [0, 0.1) is 0 Å². The Kier molecular flexibility index (Phi) is 5.37. The van der Waals surface area contributed by atoms with E-state index in [9.17, 15) is 13.5 Å². The van der Waals surface area contributed by atoms with Crippen LogP contribution in [0.2, 0.25) is 0 Å². The van der Waals surface area contributed by atoms with Crippen LogP contribution < -0.4 is 4.31 Å². The Morgan fingerprint density at radius 1 is 1.23 bits per heavy atom. The van der Waals surface area contributed by atoms with Gasteiger partial charge in [0.05, 0.1) is 18.0 Å². The van der Waals surface area contributed by atoms with E-state index in [1.54, 1.807) is 0 Å². The average molecular weight is 375 g/mol. The largest absolute Gasteiger partial charge is 0.387 e. The summed E-state index contributed by atoms with van der Waals surface area (Å²) in [5, 5.41) is 10.6. The van der Waals surface area contributed by atoms with Crippen molar-refractivity contribution in [2.75, 3.05) is 24.2 Å². The van der Waals surface area contributed by atoms with E-state index in [0.717, 1.165) is 23.4 Å². The van der Waals surface area contributed by atoms with Crippen molar-refractivity contribution in [3.05, 3.63) is 65.2 Å².